The zero-order chi connectivity index (χ0) is 14.0. The SMILES string of the molecule is CN1CCN(C(=O)Oc2cc(S)c(Cl)cc2F)CC1. The molecule has 1 fully saturated rings. The lowest BCUT2D eigenvalue weighted by Gasteiger charge is -2.31. The number of amides is 1. The standard InChI is InChI=1S/C12H14ClFN2O2S/c1-15-2-4-16(5-3-15)12(17)18-10-7-11(19)8(13)6-9(10)14/h6-7,19H,2-5H2,1H3. The van der Waals surface area contributed by atoms with E-state index in [0.717, 1.165) is 19.2 Å². The highest BCUT2D eigenvalue weighted by Gasteiger charge is 2.22. The molecule has 19 heavy (non-hydrogen) atoms. The molecule has 7 heteroatoms. The van der Waals surface area contributed by atoms with Gasteiger partial charge in [-0.1, -0.05) is 11.6 Å². The third-order valence-corrected chi connectivity index (χ3v) is 3.77. The maximum Gasteiger partial charge on any atom is 0.415 e. The summed E-state index contributed by atoms with van der Waals surface area (Å²) in [5.74, 6) is -0.830. The molecule has 0 atom stereocenters. The highest BCUT2D eigenvalue weighted by molar-refractivity contribution is 7.80. The summed E-state index contributed by atoms with van der Waals surface area (Å²) in [6, 6.07) is 2.38. The molecule has 0 aromatic heterocycles. The summed E-state index contributed by atoms with van der Waals surface area (Å²) in [5.41, 5.74) is 0. The first kappa shape index (κ1) is 14.4. The first-order valence-corrected chi connectivity index (χ1v) is 6.63. The van der Waals surface area contributed by atoms with Gasteiger partial charge >= 0.3 is 6.09 Å². The number of nitrogens with zero attached hydrogens (tertiary/aromatic N) is 2. The molecule has 2 rings (SSSR count). The number of ether oxygens (including phenoxy) is 1. The van der Waals surface area contributed by atoms with Gasteiger partial charge in [-0.15, -0.1) is 12.6 Å². The number of thiol groups is 1. The van der Waals surface area contributed by atoms with Gasteiger partial charge in [0, 0.05) is 31.1 Å². The number of halogens is 2. The quantitative estimate of drug-likeness (QED) is 0.809. The summed E-state index contributed by atoms with van der Waals surface area (Å²) in [7, 11) is 1.98. The molecule has 1 saturated heterocycles. The van der Waals surface area contributed by atoms with Crippen molar-refractivity contribution in [3.8, 4) is 5.75 Å². The van der Waals surface area contributed by atoms with E-state index in [9.17, 15) is 9.18 Å². The van der Waals surface area contributed by atoms with Crippen molar-refractivity contribution in [2.24, 2.45) is 0 Å². The summed E-state index contributed by atoms with van der Waals surface area (Å²) in [6.45, 7) is 2.68. The summed E-state index contributed by atoms with van der Waals surface area (Å²) in [4.78, 5) is 15.9. The van der Waals surface area contributed by atoms with E-state index in [1.54, 1.807) is 4.90 Å². The number of likely N-dealkylation sites (N-methyl/N-ethyl adjacent to an activating group) is 1. The van der Waals surface area contributed by atoms with Gasteiger partial charge in [0.25, 0.3) is 0 Å². The van der Waals surface area contributed by atoms with Crippen LogP contribution >= 0.6 is 24.2 Å². The molecule has 1 heterocycles. The Hall–Kier alpha value is -0.980. The fourth-order valence-electron chi connectivity index (χ4n) is 1.74. The Morgan fingerprint density at radius 1 is 1.37 bits per heavy atom. The van der Waals surface area contributed by atoms with E-state index >= 15 is 0 Å². The van der Waals surface area contributed by atoms with Crippen LogP contribution in [0.2, 0.25) is 5.02 Å². The van der Waals surface area contributed by atoms with Gasteiger partial charge in [0.2, 0.25) is 0 Å². The molecule has 1 aromatic rings. The molecular formula is C12H14ClFN2O2S. The van der Waals surface area contributed by atoms with Crippen molar-refractivity contribution < 1.29 is 13.9 Å². The molecule has 104 valence electrons. The first-order valence-electron chi connectivity index (χ1n) is 5.80. The van der Waals surface area contributed by atoms with Crippen LogP contribution in [-0.4, -0.2) is 49.1 Å². The lowest BCUT2D eigenvalue weighted by Crippen LogP contribution is -2.48. The Balaban J connectivity index is 2.05. The summed E-state index contributed by atoms with van der Waals surface area (Å²) < 4.78 is 18.6. The maximum absolute atomic E-state index is 13.6. The molecule has 0 aliphatic carbocycles. The van der Waals surface area contributed by atoms with Crippen LogP contribution in [0.1, 0.15) is 0 Å². The second kappa shape index (κ2) is 5.98. The number of hydrogen-bond donors (Lipinski definition) is 1. The monoisotopic (exact) mass is 304 g/mol. The van der Waals surface area contributed by atoms with E-state index in [0.29, 0.717) is 18.0 Å². The Kier molecular flexibility index (Phi) is 4.54. The normalized spacial score (nSPS) is 16.5. The molecule has 4 nitrogen and oxygen atoms in total. The minimum atomic E-state index is -0.676. The highest BCUT2D eigenvalue weighted by atomic mass is 35.5. The molecular weight excluding hydrogens is 291 g/mol. The van der Waals surface area contributed by atoms with Gasteiger partial charge in [-0.25, -0.2) is 9.18 Å². The first-order chi connectivity index (χ1) is 8.97. The Labute approximate surface area is 121 Å². The molecule has 0 bridgehead atoms. The lowest BCUT2D eigenvalue weighted by molar-refractivity contribution is 0.119. The second-order valence-electron chi connectivity index (χ2n) is 4.39. The van der Waals surface area contributed by atoms with E-state index in [4.69, 9.17) is 16.3 Å². The Bertz CT molecular complexity index is 493. The van der Waals surface area contributed by atoms with E-state index in [2.05, 4.69) is 17.5 Å². The van der Waals surface area contributed by atoms with E-state index in [1.165, 1.54) is 6.07 Å². The van der Waals surface area contributed by atoms with E-state index in [1.807, 2.05) is 7.05 Å². The van der Waals surface area contributed by atoms with Crippen molar-refractivity contribution in [2.45, 2.75) is 4.90 Å². The highest BCUT2D eigenvalue weighted by Crippen LogP contribution is 2.28. The van der Waals surface area contributed by atoms with Crippen molar-refractivity contribution in [1.29, 1.82) is 0 Å². The van der Waals surface area contributed by atoms with Gasteiger partial charge in [-0.3, -0.25) is 0 Å². The maximum atomic E-state index is 13.6. The Morgan fingerprint density at radius 3 is 2.63 bits per heavy atom. The second-order valence-corrected chi connectivity index (χ2v) is 5.28. The zero-order valence-electron chi connectivity index (χ0n) is 10.4. The van der Waals surface area contributed by atoms with Gasteiger partial charge in [-0.2, -0.15) is 0 Å². The largest absolute Gasteiger partial charge is 0.415 e. The average molecular weight is 305 g/mol. The fraction of sp³-hybridized carbons (Fsp3) is 0.417. The number of rotatable bonds is 1. The third-order valence-electron chi connectivity index (χ3n) is 2.96. The van der Waals surface area contributed by atoms with Crippen LogP contribution in [0.3, 0.4) is 0 Å². The number of carbonyl (C=O) groups is 1. The molecule has 0 radical (unpaired) electrons. The minimum Gasteiger partial charge on any atom is -0.407 e. The van der Waals surface area contributed by atoms with Gasteiger partial charge in [0.05, 0.1) is 5.02 Å². The minimum absolute atomic E-state index is 0.154. The van der Waals surface area contributed by atoms with Crippen molar-refractivity contribution in [3.05, 3.63) is 23.0 Å². The van der Waals surface area contributed by atoms with Crippen LogP contribution in [-0.2, 0) is 0 Å². The Morgan fingerprint density at radius 2 is 2.00 bits per heavy atom. The van der Waals surface area contributed by atoms with Gasteiger partial charge in [0.15, 0.2) is 11.6 Å². The van der Waals surface area contributed by atoms with Crippen LogP contribution in [0.4, 0.5) is 9.18 Å². The molecule has 1 aliphatic rings. The van der Waals surface area contributed by atoms with Crippen LogP contribution in [0, 0.1) is 5.82 Å². The predicted octanol–water partition coefficient (Wildman–Crippen LogP) is 2.51. The van der Waals surface area contributed by atoms with E-state index < -0.39 is 11.9 Å². The van der Waals surface area contributed by atoms with Gasteiger partial charge in [0.1, 0.15) is 0 Å². The fourth-order valence-corrected chi connectivity index (χ4v) is 2.08. The summed E-state index contributed by atoms with van der Waals surface area (Å²) >= 11 is 9.78. The molecule has 1 aromatic carbocycles. The van der Waals surface area contributed by atoms with Crippen molar-refractivity contribution in [3.63, 3.8) is 0 Å². The number of benzene rings is 1. The van der Waals surface area contributed by atoms with Crippen LogP contribution in [0.25, 0.3) is 0 Å². The number of carbonyl (C=O) groups excluding carboxylic acids is 1. The molecule has 0 saturated carbocycles. The van der Waals surface area contributed by atoms with Crippen LogP contribution in [0.5, 0.6) is 5.75 Å². The van der Waals surface area contributed by atoms with Crippen molar-refractivity contribution >= 4 is 30.3 Å². The molecule has 1 aliphatic heterocycles. The summed E-state index contributed by atoms with van der Waals surface area (Å²) in [5, 5.41) is 0.181. The molecule has 0 N–H and O–H groups in total. The molecule has 1 amide bonds. The van der Waals surface area contributed by atoms with Crippen LogP contribution < -0.4 is 4.74 Å². The van der Waals surface area contributed by atoms with Gasteiger partial charge in [-0.05, 0) is 19.2 Å². The predicted molar refractivity (Wildman–Crippen MR) is 73.8 cm³/mol. The number of piperazine rings is 1. The van der Waals surface area contributed by atoms with Crippen molar-refractivity contribution in [2.75, 3.05) is 33.2 Å². The van der Waals surface area contributed by atoms with Crippen LogP contribution in [0.15, 0.2) is 17.0 Å². The third kappa shape index (κ3) is 3.52. The number of hydrogen-bond acceptors (Lipinski definition) is 4. The average Bonchev–Trinajstić information content (AvgIpc) is 2.36. The van der Waals surface area contributed by atoms with Gasteiger partial charge < -0.3 is 14.5 Å². The molecule has 0 spiro atoms. The zero-order valence-corrected chi connectivity index (χ0v) is 12.0. The van der Waals surface area contributed by atoms with Crippen molar-refractivity contribution in [1.82, 2.24) is 9.80 Å². The van der Waals surface area contributed by atoms with E-state index in [-0.39, 0.29) is 10.8 Å². The summed E-state index contributed by atoms with van der Waals surface area (Å²) in [6.07, 6.45) is -0.554. The molecule has 0 unspecified atom stereocenters. The lowest BCUT2D eigenvalue weighted by atomic mass is 10.3. The smallest absolute Gasteiger partial charge is 0.407 e. The topological polar surface area (TPSA) is 32.8 Å².